The molecule has 0 spiro atoms. The van der Waals surface area contributed by atoms with Crippen LogP contribution in [0.2, 0.25) is 0 Å². The highest BCUT2D eigenvalue weighted by atomic mass is 32.2. The molecule has 0 radical (unpaired) electrons. The van der Waals surface area contributed by atoms with E-state index in [1.54, 1.807) is 6.26 Å². The first kappa shape index (κ1) is 13.7. The molecule has 0 bridgehead atoms. The minimum absolute atomic E-state index is 0.513. The van der Waals surface area contributed by atoms with Crippen molar-refractivity contribution in [3.63, 3.8) is 0 Å². The van der Waals surface area contributed by atoms with Crippen molar-refractivity contribution in [1.82, 2.24) is 10.3 Å². The zero-order chi connectivity index (χ0) is 13.0. The fourth-order valence-corrected chi connectivity index (χ4v) is 3.02. The van der Waals surface area contributed by atoms with Gasteiger partial charge in [-0.15, -0.1) is 0 Å². The highest BCUT2D eigenvalue weighted by Gasteiger charge is 2.22. The van der Waals surface area contributed by atoms with Gasteiger partial charge in [0.15, 0.2) is 0 Å². The van der Waals surface area contributed by atoms with Crippen molar-refractivity contribution in [2.45, 2.75) is 33.4 Å². The number of rotatable bonds is 5. The predicted molar refractivity (Wildman–Crippen MR) is 77.2 cm³/mol. The van der Waals surface area contributed by atoms with E-state index in [1.165, 1.54) is 0 Å². The third kappa shape index (κ3) is 3.65. The van der Waals surface area contributed by atoms with E-state index in [1.807, 2.05) is 11.8 Å². The van der Waals surface area contributed by atoms with Gasteiger partial charge in [-0.05, 0) is 19.4 Å². The number of aromatic nitrogens is 1. The normalized spacial score (nSPS) is 20.7. The predicted octanol–water partition coefficient (Wildman–Crippen LogP) is 2.36. The van der Waals surface area contributed by atoms with Crippen LogP contribution in [-0.2, 0) is 6.54 Å². The van der Waals surface area contributed by atoms with Gasteiger partial charge in [0.05, 0.1) is 5.69 Å². The Labute approximate surface area is 114 Å². The Morgan fingerprint density at radius 3 is 3.17 bits per heavy atom. The maximum atomic E-state index is 5.60. The van der Waals surface area contributed by atoms with Crippen LogP contribution in [0.4, 0.5) is 6.01 Å². The Hall–Kier alpha value is -0.680. The van der Waals surface area contributed by atoms with Crippen LogP contribution in [0.3, 0.4) is 0 Å². The van der Waals surface area contributed by atoms with Crippen LogP contribution < -0.4 is 10.2 Å². The van der Waals surface area contributed by atoms with E-state index >= 15 is 0 Å². The van der Waals surface area contributed by atoms with E-state index in [-0.39, 0.29) is 0 Å². The molecule has 0 amide bonds. The van der Waals surface area contributed by atoms with Crippen molar-refractivity contribution in [2.75, 3.05) is 29.5 Å². The van der Waals surface area contributed by atoms with Gasteiger partial charge in [0.1, 0.15) is 6.26 Å². The van der Waals surface area contributed by atoms with Crippen molar-refractivity contribution in [3.8, 4) is 0 Å². The smallest absolute Gasteiger partial charge is 0.297 e. The standard InChI is InChI=1S/C13H23N3OS/c1-10(2)6-14-7-12-8-17-13(15-12)16-4-5-18-9-11(16)3/h8,10-11,14H,4-7,9H2,1-3H3. The van der Waals surface area contributed by atoms with Gasteiger partial charge in [-0.2, -0.15) is 16.7 Å². The Morgan fingerprint density at radius 1 is 1.61 bits per heavy atom. The highest BCUT2D eigenvalue weighted by Crippen LogP contribution is 2.23. The van der Waals surface area contributed by atoms with Gasteiger partial charge < -0.3 is 14.6 Å². The Balaban J connectivity index is 1.88. The second-order valence-corrected chi connectivity index (χ2v) is 6.41. The minimum atomic E-state index is 0.513. The Morgan fingerprint density at radius 2 is 2.44 bits per heavy atom. The molecule has 1 atom stereocenters. The molecule has 4 nitrogen and oxygen atoms in total. The number of oxazole rings is 1. The van der Waals surface area contributed by atoms with Crippen molar-refractivity contribution in [1.29, 1.82) is 0 Å². The lowest BCUT2D eigenvalue weighted by atomic mass is 10.2. The molecule has 1 aliphatic heterocycles. The maximum absolute atomic E-state index is 5.60. The lowest BCUT2D eigenvalue weighted by Crippen LogP contribution is -2.40. The summed E-state index contributed by atoms with van der Waals surface area (Å²) in [4.78, 5) is 6.84. The Bertz CT molecular complexity index is 367. The van der Waals surface area contributed by atoms with E-state index in [0.717, 1.165) is 42.8 Å². The van der Waals surface area contributed by atoms with Crippen LogP contribution in [0, 0.1) is 5.92 Å². The van der Waals surface area contributed by atoms with E-state index in [9.17, 15) is 0 Å². The molecule has 1 aromatic rings. The third-order valence-corrected chi connectivity index (χ3v) is 4.20. The summed E-state index contributed by atoms with van der Waals surface area (Å²) in [6, 6.07) is 1.29. The van der Waals surface area contributed by atoms with Gasteiger partial charge in [-0.25, -0.2) is 0 Å². The zero-order valence-electron chi connectivity index (χ0n) is 11.5. The van der Waals surface area contributed by atoms with E-state index in [4.69, 9.17) is 4.42 Å². The van der Waals surface area contributed by atoms with Crippen LogP contribution in [0.5, 0.6) is 0 Å². The fraction of sp³-hybridized carbons (Fsp3) is 0.769. The van der Waals surface area contributed by atoms with Crippen molar-refractivity contribution >= 4 is 17.8 Å². The average Bonchev–Trinajstić information content (AvgIpc) is 2.78. The molecule has 2 rings (SSSR count). The molecule has 1 N–H and O–H groups in total. The van der Waals surface area contributed by atoms with Gasteiger partial charge in [0, 0.05) is 30.6 Å². The summed E-state index contributed by atoms with van der Waals surface area (Å²) in [5.74, 6) is 2.98. The molecule has 0 saturated carbocycles. The van der Waals surface area contributed by atoms with E-state index in [2.05, 4.69) is 36.0 Å². The monoisotopic (exact) mass is 269 g/mol. The SMILES string of the molecule is CC(C)CNCc1coc(N2CCSCC2C)n1. The van der Waals surface area contributed by atoms with Crippen molar-refractivity contribution in [2.24, 2.45) is 5.92 Å². The number of hydrogen-bond acceptors (Lipinski definition) is 5. The fourth-order valence-electron chi connectivity index (χ4n) is 2.01. The summed E-state index contributed by atoms with van der Waals surface area (Å²) in [5.41, 5.74) is 0.996. The summed E-state index contributed by atoms with van der Waals surface area (Å²) in [6.45, 7) is 9.47. The molecule has 1 aliphatic rings. The van der Waals surface area contributed by atoms with Gasteiger partial charge in [0.2, 0.25) is 0 Å². The first-order chi connectivity index (χ1) is 8.66. The molecule has 1 saturated heterocycles. The summed E-state index contributed by atoms with van der Waals surface area (Å²) in [7, 11) is 0. The zero-order valence-corrected chi connectivity index (χ0v) is 12.3. The van der Waals surface area contributed by atoms with Gasteiger partial charge in [0.25, 0.3) is 6.01 Å². The van der Waals surface area contributed by atoms with E-state index < -0.39 is 0 Å². The topological polar surface area (TPSA) is 41.3 Å². The molecule has 102 valence electrons. The maximum Gasteiger partial charge on any atom is 0.297 e. The molecule has 18 heavy (non-hydrogen) atoms. The second kappa shape index (κ2) is 6.48. The molecular weight excluding hydrogens is 246 g/mol. The molecule has 2 heterocycles. The molecular formula is C13H23N3OS. The quantitative estimate of drug-likeness (QED) is 0.888. The van der Waals surface area contributed by atoms with Gasteiger partial charge in [-0.1, -0.05) is 13.8 Å². The lowest BCUT2D eigenvalue weighted by molar-refractivity contribution is 0.514. The van der Waals surface area contributed by atoms with Crippen LogP contribution in [-0.4, -0.2) is 35.6 Å². The number of anilines is 1. The van der Waals surface area contributed by atoms with Crippen LogP contribution >= 0.6 is 11.8 Å². The highest BCUT2D eigenvalue weighted by molar-refractivity contribution is 7.99. The number of hydrogen-bond donors (Lipinski definition) is 1. The number of thioether (sulfide) groups is 1. The third-order valence-electron chi connectivity index (χ3n) is 3.01. The first-order valence-corrected chi connectivity index (χ1v) is 7.82. The number of nitrogens with one attached hydrogen (secondary N) is 1. The van der Waals surface area contributed by atoms with Crippen LogP contribution in [0.25, 0.3) is 0 Å². The summed E-state index contributed by atoms with van der Waals surface area (Å²) in [6.07, 6.45) is 1.77. The molecule has 1 aromatic heterocycles. The first-order valence-electron chi connectivity index (χ1n) is 6.66. The number of nitrogens with zero attached hydrogens (tertiary/aromatic N) is 2. The van der Waals surface area contributed by atoms with E-state index in [0.29, 0.717) is 12.0 Å². The lowest BCUT2D eigenvalue weighted by Gasteiger charge is -2.31. The largest absolute Gasteiger partial charge is 0.432 e. The van der Waals surface area contributed by atoms with Gasteiger partial charge >= 0.3 is 0 Å². The molecule has 1 fully saturated rings. The second-order valence-electron chi connectivity index (χ2n) is 5.26. The molecule has 0 aromatic carbocycles. The summed E-state index contributed by atoms with van der Waals surface area (Å²) >= 11 is 2.00. The molecule has 0 aliphatic carbocycles. The minimum Gasteiger partial charge on any atom is -0.432 e. The molecule has 5 heteroatoms. The van der Waals surface area contributed by atoms with Crippen molar-refractivity contribution < 1.29 is 4.42 Å². The van der Waals surface area contributed by atoms with Crippen molar-refractivity contribution in [3.05, 3.63) is 12.0 Å². The molecule has 1 unspecified atom stereocenters. The van der Waals surface area contributed by atoms with Gasteiger partial charge in [-0.3, -0.25) is 0 Å². The summed E-state index contributed by atoms with van der Waals surface area (Å²) in [5, 5.41) is 3.38. The van der Waals surface area contributed by atoms with Crippen LogP contribution in [0.1, 0.15) is 26.5 Å². The Kier molecular flexibility index (Phi) is 4.95. The van der Waals surface area contributed by atoms with Crippen LogP contribution in [0.15, 0.2) is 10.7 Å². The summed E-state index contributed by atoms with van der Waals surface area (Å²) < 4.78 is 5.60. The average molecular weight is 269 g/mol.